The summed E-state index contributed by atoms with van der Waals surface area (Å²) < 4.78 is 0. The van der Waals surface area contributed by atoms with Gasteiger partial charge in [0.15, 0.2) is 0 Å². The second-order valence-corrected chi connectivity index (χ2v) is 1.43. The third-order valence-corrected chi connectivity index (χ3v) is 0.762. The zero-order valence-electron chi connectivity index (χ0n) is 4.52. The normalized spacial score (nSPS) is 9.43. The molecule has 0 unspecified atom stereocenters. The van der Waals surface area contributed by atoms with Crippen molar-refractivity contribution in [2.75, 3.05) is 6.61 Å². The maximum Gasteiger partial charge on any atom is 0.0679 e. The molecule has 0 aromatic rings. The molecule has 2 N–H and O–H groups in total. The van der Waals surface area contributed by atoms with Crippen LogP contribution in [0.4, 0.5) is 0 Å². The lowest BCUT2D eigenvalue weighted by atomic mass is 10.3. The van der Waals surface area contributed by atoms with E-state index >= 15 is 0 Å². The molecule has 0 aromatic carbocycles. The SMILES string of the molecule is [CH2]CCCCON. The first-order valence-corrected chi connectivity index (χ1v) is 2.52. The van der Waals surface area contributed by atoms with Gasteiger partial charge in [0, 0.05) is 0 Å². The second kappa shape index (κ2) is 5.92. The topological polar surface area (TPSA) is 35.2 Å². The lowest BCUT2D eigenvalue weighted by Gasteiger charge is -1.92. The van der Waals surface area contributed by atoms with Crippen LogP contribution in [-0.4, -0.2) is 6.61 Å². The van der Waals surface area contributed by atoms with Crippen LogP contribution in [0.25, 0.3) is 0 Å². The molecule has 0 saturated carbocycles. The summed E-state index contributed by atoms with van der Waals surface area (Å²) in [6.07, 6.45) is 3.11. The summed E-state index contributed by atoms with van der Waals surface area (Å²) >= 11 is 0. The highest BCUT2D eigenvalue weighted by Gasteiger charge is 1.80. The van der Waals surface area contributed by atoms with Crippen LogP contribution in [0.5, 0.6) is 0 Å². The number of hydrogen-bond acceptors (Lipinski definition) is 2. The summed E-state index contributed by atoms with van der Waals surface area (Å²) in [5, 5.41) is 0. The maximum atomic E-state index is 4.75. The molecule has 2 nitrogen and oxygen atoms in total. The quantitative estimate of drug-likeness (QED) is 0.422. The lowest BCUT2D eigenvalue weighted by molar-refractivity contribution is 0.134. The average Bonchev–Trinajstić information content (AvgIpc) is 1.69. The zero-order valence-corrected chi connectivity index (χ0v) is 4.52. The second-order valence-electron chi connectivity index (χ2n) is 1.43. The Labute approximate surface area is 44.6 Å². The van der Waals surface area contributed by atoms with E-state index in [1.54, 1.807) is 0 Å². The minimum Gasteiger partial charge on any atom is -0.305 e. The fraction of sp³-hybridized carbons (Fsp3) is 0.800. The van der Waals surface area contributed by atoms with E-state index in [1.165, 1.54) is 0 Å². The number of rotatable bonds is 4. The first kappa shape index (κ1) is 6.92. The van der Waals surface area contributed by atoms with Crippen molar-refractivity contribution in [1.82, 2.24) is 0 Å². The molecule has 0 heterocycles. The van der Waals surface area contributed by atoms with Crippen molar-refractivity contribution in [3.05, 3.63) is 6.92 Å². The van der Waals surface area contributed by atoms with Gasteiger partial charge in [0.05, 0.1) is 6.61 Å². The molecule has 0 saturated heterocycles. The Hall–Kier alpha value is -0.0800. The average molecular weight is 102 g/mol. The summed E-state index contributed by atoms with van der Waals surface area (Å²) in [5.74, 6) is 4.75. The van der Waals surface area contributed by atoms with Crippen LogP contribution in [0.3, 0.4) is 0 Å². The van der Waals surface area contributed by atoms with Crippen molar-refractivity contribution >= 4 is 0 Å². The minimum atomic E-state index is 0.662. The predicted molar refractivity (Wildman–Crippen MR) is 29.3 cm³/mol. The van der Waals surface area contributed by atoms with Crippen LogP contribution in [-0.2, 0) is 4.84 Å². The monoisotopic (exact) mass is 102 g/mol. The van der Waals surface area contributed by atoms with Gasteiger partial charge in [-0.2, -0.15) is 0 Å². The lowest BCUT2D eigenvalue weighted by Crippen LogP contribution is -1.99. The van der Waals surface area contributed by atoms with Crippen LogP contribution >= 0.6 is 0 Å². The number of nitrogens with two attached hydrogens (primary N) is 1. The molecule has 0 aliphatic carbocycles. The third kappa shape index (κ3) is 5.92. The van der Waals surface area contributed by atoms with Crippen molar-refractivity contribution in [3.8, 4) is 0 Å². The third-order valence-electron chi connectivity index (χ3n) is 0.762. The van der Waals surface area contributed by atoms with Gasteiger partial charge < -0.3 is 4.84 Å². The smallest absolute Gasteiger partial charge is 0.0679 e. The van der Waals surface area contributed by atoms with E-state index in [9.17, 15) is 0 Å². The van der Waals surface area contributed by atoms with Crippen LogP contribution < -0.4 is 5.90 Å². The van der Waals surface area contributed by atoms with Crippen molar-refractivity contribution in [2.24, 2.45) is 5.90 Å². The largest absolute Gasteiger partial charge is 0.305 e. The van der Waals surface area contributed by atoms with Gasteiger partial charge in [-0.3, -0.25) is 0 Å². The van der Waals surface area contributed by atoms with Crippen molar-refractivity contribution in [1.29, 1.82) is 0 Å². The Morgan fingerprint density at radius 2 is 2.14 bits per heavy atom. The number of unbranched alkanes of at least 4 members (excludes halogenated alkanes) is 2. The molecule has 0 amide bonds. The highest BCUT2D eigenvalue weighted by molar-refractivity contribution is 4.39. The number of hydrogen-bond donors (Lipinski definition) is 1. The molecule has 0 rings (SSSR count). The highest BCUT2D eigenvalue weighted by atomic mass is 16.6. The van der Waals surface area contributed by atoms with E-state index in [1.807, 2.05) is 0 Å². The van der Waals surface area contributed by atoms with Crippen molar-refractivity contribution in [3.63, 3.8) is 0 Å². The molecule has 0 aliphatic rings. The van der Waals surface area contributed by atoms with Crippen LogP contribution in [0, 0.1) is 6.92 Å². The highest BCUT2D eigenvalue weighted by Crippen LogP contribution is 1.90. The van der Waals surface area contributed by atoms with Gasteiger partial charge in [-0.1, -0.05) is 19.8 Å². The zero-order chi connectivity index (χ0) is 5.54. The van der Waals surface area contributed by atoms with Crippen molar-refractivity contribution in [2.45, 2.75) is 19.3 Å². The summed E-state index contributed by atoms with van der Waals surface area (Å²) in [6.45, 7) is 4.32. The fourth-order valence-corrected chi connectivity index (χ4v) is 0.362. The molecule has 0 fully saturated rings. The summed E-state index contributed by atoms with van der Waals surface area (Å²) in [5.41, 5.74) is 0. The Morgan fingerprint density at radius 1 is 1.43 bits per heavy atom. The van der Waals surface area contributed by atoms with Gasteiger partial charge in [0.25, 0.3) is 0 Å². The van der Waals surface area contributed by atoms with Gasteiger partial charge in [-0.25, -0.2) is 5.90 Å². The van der Waals surface area contributed by atoms with Gasteiger partial charge in [0.2, 0.25) is 0 Å². The fourth-order valence-electron chi connectivity index (χ4n) is 0.362. The minimum absolute atomic E-state index is 0.662. The van der Waals surface area contributed by atoms with E-state index in [-0.39, 0.29) is 0 Å². The Kier molecular flexibility index (Phi) is 5.85. The summed E-state index contributed by atoms with van der Waals surface area (Å²) in [4.78, 5) is 4.32. The Morgan fingerprint density at radius 3 is 2.57 bits per heavy atom. The maximum absolute atomic E-state index is 4.75. The molecule has 0 aromatic heterocycles. The summed E-state index contributed by atoms with van der Waals surface area (Å²) in [7, 11) is 0. The van der Waals surface area contributed by atoms with Gasteiger partial charge in [0.1, 0.15) is 0 Å². The van der Waals surface area contributed by atoms with Gasteiger partial charge in [-0.05, 0) is 6.42 Å². The molecule has 0 aliphatic heterocycles. The van der Waals surface area contributed by atoms with E-state index in [0.717, 1.165) is 19.3 Å². The standard InChI is InChI=1S/C5H12NO/c1-2-3-4-5-7-6/h1-6H2. The molecule has 0 bridgehead atoms. The first-order valence-electron chi connectivity index (χ1n) is 2.52. The molecular weight excluding hydrogens is 90.1 g/mol. The molecule has 0 spiro atoms. The van der Waals surface area contributed by atoms with Crippen LogP contribution in [0.1, 0.15) is 19.3 Å². The van der Waals surface area contributed by atoms with Gasteiger partial charge >= 0.3 is 0 Å². The van der Waals surface area contributed by atoms with E-state index in [0.29, 0.717) is 6.61 Å². The van der Waals surface area contributed by atoms with Gasteiger partial charge in [-0.15, -0.1) is 0 Å². The van der Waals surface area contributed by atoms with Crippen LogP contribution in [0.15, 0.2) is 0 Å². The molecule has 1 radical (unpaired) electrons. The van der Waals surface area contributed by atoms with E-state index in [2.05, 4.69) is 11.8 Å². The Balaban J connectivity index is 2.45. The van der Waals surface area contributed by atoms with E-state index < -0.39 is 0 Å². The molecule has 7 heavy (non-hydrogen) atoms. The molecule has 2 heteroatoms. The first-order chi connectivity index (χ1) is 3.41. The van der Waals surface area contributed by atoms with E-state index in [4.69, 9.17) is 5.90 Å². The molecular formula is C5H12NO. The molecule has 0 atom stereocenters. The van der Waals surface area contributed by atoms with Crippen LogP contribution in [0.2, 0.25) is 0 Å². The summed E-state index contributed by atoms with van der Waals surface area (Å²) in [6, 6.07) is 0. The predicted octanol–water partition coefficient (Wildman–Crippen LogP) is 0.881. The Bertz CT molecular complexity index is 27.3. The molecule has 43 valence electrons. The van der Waals surface area contributed by atoms with Crippen molar-refractivity contribution < 1.29 is 4.84 Å².